The minimum atomic E-state index is -0.275. The molecule has 1 atom stereocenters. The topological polar surface area (TPSA) is 50.4 Å². The van der Waals surface area contributed by atoms with E-state index in [0.29, 0.717) is 5.56 Å². The zero-order valence-corrected chi connectivity index (χ0v) is 9.32. The number of rotatable bonds is 2. The molecule has 1 aliphatic heterocycles. The van der Waals surface area contributed by atoms with Crippen molar-refractivity contribution in [3.63, 3.8) is 0 Å². The van der Waals surface area contributed by atoms with Crippen LogP contribution in [0, 0.1) is 0 Å². The molecule has 0 bridgehead atoms. The Morgan fingerprint density at radius 1 is 1.38 bits per heavy atom. The summed E-state index contributed by atoms with van der Waals surface area (Å²) in [5.74, 6) is -0.275. The maximum absolute atomic E-state index is 11.6. The molecule has 0 aromatic heterocycles. The maximum atomic E-state index is 11.6. The number of hydrogen-bond acceptors (Lipinski definition) is 4. The lowest BCUT2D eigenvalue weighted by Gasteiger charge is -2.26. The first-order valence-corrected chi connectivity index (χ1v) is 5.44. The first kappa shape index (κ1) is 11.1. The fraction of sp³-hybridized carbons (Fsp3) is 0.417. The average molecular weight is 220 g/mol. The van der Waals surface area contributed by atoms with Crippen molar-refractivity contribution in [2.75, 3.05) is 26.7 Å². The van der Waals surface area contributed by atoms with Crippen LogP contribution in [0.1, 0.15) is 22.0 Å². The molecule has 0 amide bonds. The van der Waals surface area contributed by atoms with Crippen LogP contribution in [-0.2, 0) is 4.74 Å². The number of methoxy groups -OCH3 is 1. The fourth-order valence-electron chi connectivity index (χ4n) is 1.97. The number of benzene rings is 1. The highest BCUT2D eigenvalue weighted by Gasteiger charge is 2.20. The van der Waals surface area contributed by atoms with E-state index in [-0.39, 0.29) is 12.0 Å². The van der Waals surface area contributed by atoms with Gasteiger partial charge in [-0.05, 0) is 11.6 Å². The highest BCUT2D eigenvalue weighted by atomic mass is 16.5. The molecule has 1 aromatic rings. The summed E-state index contributed by atoms with van der Waals surface area (Å²) in [7, 11) is 1.41. The minimum Gasteiger partial charge on any atom is -0.465 e. The Bertz CT molecular complexity index is 373. The van der Waals surface area contributed by atoms with Gasteiger partial charge in [0.15, 0.2) is 0 Å². The van der Waals surface area contributed by atoms with Gasteiger partial charge in [0.1, 0.15) is 0 Å². The van der Waals surface area contributed by atoms with Gasteiger partial charge in [-0.2, -0.15) is 0 Å². The van der Waals surface area contributed by atoms with Crippen LogP contribution in [0.25, 0.3) is 0 Å². The molecular formula is C12H16N2O2. The van der Waals surface area contributed by atoms with Gasteiger partial charge in [0.2, 0.25) is 0 Å². The molecule has 86 valence electrons. The van der Waals surface area contributed by atoms with Crippen LogP contribution in [0.4, 0.5) is 0 Å². The quantitative estimate of drug-likeness (QED) is 0.721. The molecule has 1 aromatic carbocycles. The minimum absolute atomic E-state index is 0.184. The van der Waals surface area contributed by atoms with Crippen molar-refractivity contribution in [2.24, 2.45) is 0 Å². The predicted octanol–water partition coefficient (Wildman–Crippen LogP) is 0.707. The van der Waals surface area contributed by atoms with Gasteiger partial charge in [0.05, 0.1) is 12.7 Å². The van der Waals surface area contributed by atoms with E-state index < -0.39 is 0 Å². The van der Waals surface area contributed by atoms with E-state index in [1.54, 1.807) is 6.07 Å². The summed E-state index contributed by atoms with van der Waals surface area (Å²) in [6.07, 6.45) is 0. The number of carbonyl (C=O) groups excluding carboxylic acids is 1. The van der Waals surface area contributed by atoms with Crippen molar-refractivity contribution >= 4 is 5.97 Å². The van der Waals surface area contributed by atoms with Gasteiger partial charge in [-0.1, -0.05) is 18.2 Å². The monoisotopic (exact) mass is 220 g/mol. The summed E-state index contributed by atoms with van der Waals surface area (Å²) in [6, 6.07) is 7.75. The first-order valence-electron chi connectivity index (χ1n) is 5.44. The smallest absolute Gasteiger partial charge is 0.338 e. The van der Waals surface area contributed by atoms with Gasteiger partial charge in [-0.25, -0.2) is 4.79 Å². The van der Waals surface area contributed by atoms with E-state index in [1.165, 1.54) is 7.11 Å². The Morgan fingerprint density at radius 2 is 2.19 bits per heavy atom. The summed E-state index contributed by atoms with van der Waals surface area (Å²) in [5.41, 5.74) is 1.65. The Kier molecular flexibility index (Phi) is 3.54. The second-order valence-corrected chi connectivity index (χ2v) is 3.79. The van der Waals surface area contributed by atoms with E-state index in [0.717, 1.165) is 25.2 Å². The lowest BCUT2D eigenvalue weighted by molar-refractivity contribution is 0.0598. The molecule has 0 unspecified atom stereocenters. The summed E-state index contributed by atoms with van der Waals surface area (Å²) in [5, 5.41) is 6.69. The van der Waals surface area contributed by atoms with Gasteiger partial charge in [0, 0.05) is 25.7 Å². The zero-order valence-electron chi connectivity index (χ0n) is 9.32. The summed E-state index contributed by atoms with van der Waals surface area (Å²) in [4.78, 5) is 11.6. The lowest BCUT2D eigenvalue weighted by Crippen LogP contribution is -2.43. The molecule has 2 rings (SSSR count). The van der Waals surface area contributed by atoms with E-state index >= 15 is 0 Å². The van der Waals surface area contributed by atoms with E-state index in [2.05, 4.69) is 10.6 Å². The van der Waals surface area contributed by atoms with Crippen LogP contribution in [-0.4, -0.2) is 32.7 Å². The normalized spacial score (nSPS) is 20.4. The fourth-order valence-corrected chi connectivity index (χ4v) is 1.97. The van der Waals surface area contributed by atoms with Crippen LogP contribution in [0.15, 0.2) is 24.3 Å². The molecule has 0 saturated carbocycles. The van der Waals surface area contributed by atoms with Crippen molar-refractivity contribution in [3.05, 3.63) is 35.4 Å². The number of piperazine rings is 1. The summed E-state index contributed by atoms with van der Waals surface area (Å²) in [6.45, 7) is 2.73. The van der Waals surface area contributed by atoms with Crippen LogP contribution >= 0.6 is 0 Å². The van der Waals surface area contributed by atoms with Crippen LogP contribution in [0.5, 0.6) is 0 Å². The zero-order chi connectivity index (χ0) is 11.4. The van der Waals surface area contributed by atoms with Crippen molar-refractivity contribution < 1.29 is 9.53 Å². The number of esters is 1. The largest absolute Gasteiger partial charge is 0.465 e. The Morgan fingerprint density at radius 3 is 2.88 bits per heavy atom. The first-order chi connectivity index (χ1) is 7.83. The van der Waals surface area contributed by atoms with Gasteiger partial charge in [-0.3, -0.25) is 0 Å². The van der Waals surface area contributed by atoms with Crippen LogP contribution in [0.2, 0.25) is 0 Å². The molecule has 1 heterocycles. The van der Waals surface area contributed by atoms with Gasteiger partial charge in [-0.15, -0.1) is 0 Å². The average Bonchev–Trinajstić information content (AvgIpc) is 2.39. The molecule has 4 heteroatoms. The van der Waals surface area contributed by atoms with Crippen molar-refractivity contribution in [1.29, 1.82) is 0 Å². The van der Waals surface area contributed by atoms with Gasteiger partial charge in [0.25, 0.3) is 0 Å². The third kappa shape index (κ3) is 2.23. The SMILES string of the molecule is COC(=O)c1ccccc1[C@H]1CNCCN1. The molecule has 16 heavy (non-hydrogen) atoms. The second kappa shape index (κ2) is 5.09. The Hall–Kier alpha value is -1.39. The van der Waals surface area contributed by atoms with Crippen LogP contribution in [0.3, 0.4) is 0 Å². The standard InChI is InChI=1S/C12H16N2O2/c1-16-12(15)10-5-3-2-4-9(10)11-8-13-6-7-14-11/h2-5,11,13-14H,6-8H2,1H3/t11-/m1/s1. The lowest BCUT2D eigenvalue weighted by atomic mass is 9.99. The number of ether oxygens (including phenoxy) is 1. The summed E-state index contributed by atoms with van der Waals surface area (Å²) < 4.78 is 4.78. The van der Waals surface area contributed by atoms with E-state index in [1.807, 2.05) is 18.2 Å². The second-order valence-electron chi connectivity index (χ2n) is 3.79. The Balaban J connectivity index is 2.28. The molecule has 2 N–H and O–H groups in total. The number of carbonyl (C=O) groups is 1. The van der Waals surface area contributed by atoms with Crippen molar-refractivity contribution in [1.82, 2.24) is 10.6 Å². The Labute approximate surface area is 95.0 Å². The number of hydrogen-bond donors (Lipinski definition) is 2. The van der Waals surface area contributed by atoms with Crippen LogP contribution < -0.4 is 10.6 Å². The molecular weight excluding hydrogens is 204 g/mol. The third-order valence-electron chi connectivity index (χ3n) is 2.78. The molecule has 0 aliphatic carbocycles. The highest BCUT2D eigenvalue weighted by molar-refractivity contribution is 5.91. The van der Waals surface area contributed by atoms with E-state index in [4.69, 9.17) is 4.74 Å². The van der Waals surface area contributed by atoms with Crippen molar-refractivity contribution in [2.45, 2.75) is 6.04 Å². The predicted molar refractivity (Wildman–Crippen MR) is 61.4 cm³/mol. The molecule has 0 radical (unpaired) electrons. The molecule has 1 aliphatic rings. The molecule has 4 nitrogen and oxygen atoms in total. The van der Waals surface area contributed by atoms with Gasteiger partial charge < -0.3 is 15.4 Å². The third-order valence-corrected chi connectivity index (χ3v) is 2.78. The highest BCUT2D eigenvalue weighted by Crippen LogP contribution is 2.19. The molecule has 1 saturated heterocycles. The van der Waals surface area contributed by atoms with E-state index in [9.17, 15) is 4.79 Å². The molecule has 1 fully saturated rings. The maximum Gasteiger partial charge on any atom is 0.338 e. The number of nitrogens with one attached hydrogen (secondary N) is 2. The molecule has 0 spiro atoms. The summed E-state index contributed by atoms with van der Waals surface area (Å²) >= 11 is 0. The van der Waals surface area contributed by atoms with Gasteiger partial charge >= 0.3 is 5.97 Å². The van der Waals surface area contributed by atoms with Crippen molar-refractivity contribution in [3.8, 4) is 0 Å².